The van der Waals surface area contributed by atoms with Gasteiger partial charge in [0.2, 0.25) is 15.9 Å². The Balaban J connectivity index is 1.92. The summed E-state index contributed by atoms with van der Waals surface area (Å²) in [6.07, 6.45) is 2.53. The molecule has 0 saturated carbocycles. The van der Waals surface area contributed by atoms with Gasteiger partial charge < -0.3 is 5.32 Å². The summed E-state index contributed by atoms with van der Waals surface area (Å²) in [5.41, 5.74) is 1.45. The van der Waals surface area contributed by atoms with Crippen LogP contribution in [0.4, 0.5) is 5.69 Å². The molecule has 0 aliphatic heterocycles. The number of halogens is 2. The maximum absolute atomic E-state index is 12.2. The molecule has 140 valence electrons. The number of aryl methyl sites for hydroxylation is 1. The molecule has 0 atom stereocenters. The normalized spacial score (nSPS) is 11.2. The van der Waals surface area contributed by atoms with Gasteiger partial charge in [0, 0.05) is 16.0 Å². The van der Waals surface area contributed by atoms with E-state index in [0.29, 0.717) is 28.1 Å². The van der Waals surface area contributed by atoms with Crippen LogP contribution in [-0.4, -0.2) is 33.7 Å². The van der Waals surface area contributed by atoms with E-state index in [1.165, 1.54) is 0 Å². The van der Waals surface area contributed by atoms with Crippen molar-refractivity contribution < 1.29 is 13.2 Å². The lowest BCUT2D eigenvalue weighted by atomic mass is 10.1. The third kappa shape index (κ3) is 6.00. The number of sulfonamides is 1. The lowest BCUT2D eigenvalue weighted by Crippen LogP contribution is -2.40. The number of hydrogen-bond acceptors (Lipinski definition) is 3. The van der Waals surface area contributed by atoms with E-state index in [9.17, 15) is 13.2 Å². The first-order chi connectivity index (χ1) is 12.3. The fourth-order valence-corrected chi connectivity index (χ4v) is 4.14. The second-order valence-electron chi connectivity index (χ2n) is 5.77. The van der Waals surface area contributed by atoms with E-state index >= 15 is 0 Å². The van der Waals surface area contributed by atoms with Crippen LogP contribution in [-0.2, 0) is 21.2 Å². The number of nitrogens with zero attached hydrogens (tertiary/aromatic N) is 1. The number of nitrogens with one attached hydrogen (secondary N) is 1. The second-order valence-corrected chi connectivity index (χ2v) is 8.93. The van der Waals surface area contributed by atoms with Crippen molar-refractivity contribution in [1.82, 2.24) is 5.32 Å². The van der Waals surface area contributed by atoms with Gasteiger partial charge in [-0.2, -0.15) is 0 Å². The summed E-state index contributed by atoms with van der Waals surface area (Å²) < 4.78 is 25.9. The van der Waals surface area contributed by atoms with Gasteiger partial charge in [0.05, 0.1) is 11.9 Å². The van der Waals surface area contributed by atoms with Crippen LogP contribution in [0.3, 0.4) is 0 Å². The lowest BCUT2D eigenvalue weighted by molar-refractivity contribution is -0.119. The van der Waals surface area contributed by atoms with Gasteiger partial charge in [0.15, 0.2) is 0 Å². The first-order valence-corrected chi connectivity index (χ1v) is 11.0. The second kappa shape index (κ2) is 9.39. The molecule has 0 aliphatic carbocycles. The minimum atomic E-state index is -3.59. The highest BCUT2D eigenvalue weighted by Crippen LogP contribution is 2.27. The molecule has 2 aromatic carbocycles. The zero-order valence-electron chi connectivity index (χ0n) is 14.3. The summed E-state index contributed by atoms with van der Waals surface area (Å²) in [6.45, 7) is 0.172. The highest BCUT2D eigenvalue weighted by molar-refractivity contribution is 9.10. The molecule has 0 unspecified atom stereocenters. The Morgan fingerprint density at radius 3 is 2.46 bits per heavy atom. The summed E-state index contributed by atoms with van der Waals surface area (Å²) in [5.74, 6) is -0.356. The Kier molecular flexibility index (Phi) is 7.49. The average molecular weight is 460 g/mol. The zero-order valence-corrected chi connectivity index (χ0v) is 17.4. The monoisotopic (exact) mass is 458 g/mol. The van der Waals surface area contributed by atoms with E-state index in [0.717, 1.165) is 22.5 Å². The van der Waals surface area contributed by atoms with Gasteiger partial charge >= 0.3 is 0 Å². The van der Waals surface area contributed by atoms with E-state index < -0.39 is 10.0 Å². The van der Waals surface area contributed by atoms with Gasteiger partial charge in [-0.1, -0.05) is 41.9 Å². The Morgan fingerprint density at radius 2 is 1.81 bits per heavy atom. The number of amides is 1. The van der Waals surface area contributed by atoms with Gasteiger partial charge in [-0.15, -0.1) is 0 Å². The standard InChI is InChI=1S/C18H20BrClN2O3S/c1-26(24,25)22(17-11-5-3-9-15(17)19)13-18(23)21-12-6-8-14-7-2-4-10-16(14)20/h2-5,7,9-11H,6,8,12-13H2,1H3,(H,21,23). The minimum absolute atomic E-state index is 0.270. The molecule has 1 amide bonds. The quantitative estimate of drug-likeness (QED) is 0.613. The molecule has 2 rings (SSSR count). The Hall–Kier alpha value is -1.57. The number of anilines is 1. The SMILES string of the molecule is CS(=O)(=O)N(CC(=O)NCCCc1ccccc1Cl)c1ccccc1Br. The number of benzene rings is 2. The predicted molar refractivity (Wildman–Crippen MR) is 109 cm³/mol. The Bertz CT molecular complexity index is 874. The molecule has 5 nitrogen and oxygen atoms in total. The van der Waals surface area contributed by atoms with Gasteiger partial charge in [-0.3, -0.25) is 9.10 Å². The third-order valence-electron chi connectivity index (χ3n) is 3.71. The molecule has 0 fully saturated rings. The Morgan fingerprint density at radius 1 is 1.15 bits per heavy atom. The molecular weight excluding hydrogens is 440 g/mol. The molecule has 26 heavy (non-hydrogen) atoms. The molecule has 0 spiro atoms. The number of rotatable bonds is 8. The maximum atomic E-state index is 12.2. The van der Waals surface area contributed by atoms with E-state index in [1.54, 1.807) is 24.3 Å². The highest BCUT2D eigenvalue weighted by Gasteiger charge is 2.22. The molecule has 0 aromatic heterocycles. The first-order valence-electron chi connectivity index (χ1n) is 8.01. The topological polar surface area (TPSA) is 66.5 Å². The van der Waals surface area contributed by atoms with Crippen LogP contribution in [0.1, 0.15) is 12.0 Å². The maximum Gasteiger partial charge on any atom is 0.240 e. The number of hydrogen-bond donors (Lipinski definition) is 1. The zero-order chi connectivity index (χ0) is 19.2. The van der Waals surface area contributed by atoms with Crippen LogP contribution in [0, 0.1) is 0 Å². The smallest absolute Gasteiger partial charge is 0.240 e. The van der Waals surface area contributed by atoms with Crippen molar-refractivity contribution >= 4 is 49.1 Å². The summed E-state index contributed by atoms with van der Waals surface area (Å²) in [5, 5.41) is 3.47. The summed E-state index contributed by atoms with van der Waals surface area (Å²) in [6, 6.07) is 14.4. The van der Waals surface area contributed by atoms with Gasteiger partial charge in [0.1, 0.15) is 6.54 Å². The first kappa shape index (κ1) is 20.7. The van der Waals surface area contributed by atoms with Crippen molar-refractivity contribution in [1.29, 1.82) is 0 Å². The van der Waals surface area contributed by atoms with Crippen molar-refractivity contribution in [3.8, 4) is 0 Å². The van der Waals surface area contributed by atoms with Crippen molar-refractivity contribution in [2.75, 3.05) is 23.7 Å². The minimum Gasteiger partial charge on any atom is -0.355 e. The molecule has 2 aromatic rings. The molecule has 0 aliphatic rings. The van der Waals surface area contributed by atoms with Gasteiger partial charge in [-0.25, -0.2) is 8.42 Å². The van der Waals surface area contributed by atoms with Crippen LogP contribution < -0.4 is 9.62 Å². The van der Waals surface area contributed by atoms with E-state index in [4.69, 9.17) is 11.6 Å². The summed E-state index contributed by atoms with van der Waals surface area (Å²) >= 11 is 9.43. The highest BCUT2D eigenvalue weighted by atomic mass is 79.9. The van der Waals surface area contributed by atoms with Crippen molar-refractivity contribution in [2.24, 2.45) is 0 Å². The van der Waals surface area contributed by atoms with Crippen LogP contribution in [0.5, 0.6) is 0 Å². The number of carbonyl (C=O) groups excluding carboxylic acids is 1. The van der Waals surface area contributed by atoms with Crippen LogP contribution in [0.15, 0.2) is 53.0 Å². The van der Waals surface area contributed by atoms with Gasteiger partial charge in [0.25, 0.3) is 0 Å². The largest absolute Gasteiger partial charge is 0.355 e. The van der Waals surface area contributed by atoms with Crippen molar-refractivity contribution in [3.05, 3.63) is 63.6 Å². The van der Waals surface area contributed by atoms with E-state index in [-0.39, 0.29) is 12.5 Å². The molecule has 0 saturated heterocycles. The molecular formula is C18H20BrClN2O3S. The average Bonchev–Trinajstić information content (AvgIpc) is 2.58. The van der Waals surface area contributed by atoms with Crippen molar-refractivity contribution in [3.63, 3.8) is 0 Å². The van der Waals surface area contributed by atoms with E-state index in [2.05, 4.69) is 21.2 Å². The summed E-state index contributed by atoms with van der Waals surface area (Å²) in [4.78, 5) is 12.2. The number of carbonyl (C=O) groups is 1. The molecule has 0 bridgehead atoms. The van der Waals surface area contributed by atoms with Gasteiger partial charge in [-0.05, 0) is 52.5 Å². The Labute approximate surface area is 167 Å². The lowest BCUT2D eigenvalue weighted by Gasteiger charge is -2.23. The molecule has 0 radical (unpaired) electrons. The van der Waals surface area contributed by atoms with Crippen LogP contribution in [0.2, 0.25) is 5.02 Å². The van der Waals surface area contributed by atoms with Crippen molar-refractivity contribution in [2.45, 2.75) is 12.8 Å². The van der Waals surface area contributed by atoms with E-state index in [1.807, 2.05) is 24.3 Å². The summed E-state index contributed by atoms with van der Waals surface area (Å²) in [7, 11) is -3.59. The molecule has 1 N–H and O–H groups in total. The number of para-hydroxylation sites is 1. The fraction of sp³-hybridized carbons (Fsp3) is 0.278. The van der Waals surface area contributed by atoms with Crippen LogP contribution in [0.25, 0.3) is 0 Å². The van der Waals surface area contributed by atoms with Crippen LogP contribution >= 0.6 is 27.5 Å². The predicted octanol–water partition coefficient (Wildman–Crippen LogP) is 3.62. The molecule has 8 heteroatoms. The fourth-order valence-electron chi connectivity index (χ4n) is 2.43. The third-order valence-corrected chi connectivity index (χ3v) is 5.88. The molecule has 0 heterocycles.